The Labute approximate surface area is 191 Å². The lowest BCUT2D eigenvalue weighted by atomic mass is 9.97. The van der Waals surface area contributed by atoms with Crippen molar-refractivity contribution in [2.75, 3.05) is 37.7 Å². The normalized spacial score (nSPS) is 14.5. The number of aromatic nitrogens is 1. The van der Waals surface area contributed by atoms with E-state index in [1.54, 1.807) is 17.0 Å². The highest BCUT2D eigenvalue weighted by atomic mass is 16.5. The average Bonchev–Trinajstić information content (AvgIpc) is 3.54. The van der Waals surface area contributed by atoms with Crippen molar-refractivity contribution < 1.29 is 23.2 Å². The van der Waals surface area contributed by atoms with E-state index in [1.807, 2.05) is 48.2 Å². The molecule has 0 spiro atoms. The van der Waals surface area contributed by atoms with Crippen molar-refractivity contribution in [2.24, 2.45) is 0 Å². The molecule has 3 heterocycles. The molecule has 170 valence electrons. The maximum atomic E-state index is 12.6. The number of amides is 1. The highest BCUT2D eigenvalue weighted by molar-refractivity contribution is 5.83. The molecule has 1 atom stereocenters. The third-order valence-electron chi connectivity index (χ3n) is 5.60. The van der Waals surface area contributed by atoms with Crippen molar-refractivity contribution in [2.45, 2.75) is 19.3 Å². The Hall–Kier alpha value is -4.06. The topological polar surface area (TPSA) is 113 Å². The van der Waals surface area contributed by atoms with Crippen LogP contribution in [-0.4, -0.2) is 54.5 Å². The minimum absolute atomic E-state index is 0.168. The van der Waals surface area contributed by atoms with Crippen LogP contribution in [0.2, 0.25) is 0 Å². The number of esters is 1. The molecule has 1 aliphatic rings. The van der Waals surface area contributed by atoms with Gasteiger partial charge in [-0.3, -0.25) is 9.59 Å². The Bertz CT molecular complexity index is 1130. The number of rotatable bonds is 7. The van der Waals surface area contributed by atoms with E-state index in [0.717, 1.165) is 5.56 Å². The predicted octanol–water partition coefficient (Wildman–Crippen LogP) is 3.19. The summed E-state index contributed by atoms with van der Waals surface area (Å²) in [5, 5.41) is 9.43. The summed E-state index contributed by atoms with van der Waals surface area (Å²) < 4.78 is 16.4. The summed E-state index contributed by atoms with van der Waals surface area (Å²) in [6.45, 7) is 3.36. The fourth-order valence-corrected chi connectivity index (χ4v) is 3.81. The first-order chi connectivity index (χ1) is 16.1. The summed E-state index contributed by atoms with van der Waals surface area (Å²) in [5.74, 6) is -0.0111. The maximum absolute atomic E-state index is 12.6. The summed E-state index contributed by atoms with van der Waals surface area (Å²) in [4.78, 5) is 32.8. The fourth-order valence-electron chi connectivity index (χ4n) is 3.81. The third kappa shape index (κ3) is 4.90. The molecule has 3 aromatic rings. The van der Waals surface area contributed by atoms with E-state index in [-0.39, 0.29) is 24.1 Å². The van der Waals surface area contributed by atoms with Crippen molar-refractivity contribution in [3.8, 4) is 17.7 Å². The van der Waals surface area contributed by atoms with E-state index >= 15 is 0 Å². The lowest BCUT2D eigenvalue weighted by molar-refractivity contribution is -0.153. The average molecular weight is 448 g/mol. The van der Waals surface area contributed by atoms with E-state index < -0.39 is 11.9 Å². The number of benzene rings is 1. The summed E-state index contributed by atoms with van der Waals surface area (Å²) in [6, 6.07) is 14.9. The monoisotopic (exact) mass is 448 g/mol. The second kappa shape index (κ2) is 10.0. The van der Waals surface area contributed by atoms with Crippen LogP contribution in [0, 0.1) is 11.3 Å². The van der Waals surface area contributed by atoms with Crippen LogP contribution in [0.3, 0.4) is 0 Å². The molecule has 1 unspecified atom stereocenters. The van der Waals surface area contributed by atoms with Crippen LogP contribution in [-0.2, 0) is 14.3 Å². The molecule has 2 aromatic heterocycles. The minimum Gasteiger partial charge on any atom is -0.459 e. The van der Waals surface area contributed by atoms with Crippen LogP contribution in [0.25, 0.3) is 11.7 Å². The van der Waals surface area contributed by atoms with Crippen LogP contribution < -0.4 is 4.90 Å². The summed E-state index contributed by atoms with van der Waals surface area (Å²) in [7, 11) is 0. The number of anilines is 1. The van der Waals surface area contributed by atoms with Crippen molar-refractivity contribution >= 4 is 17.8 Å². The molecule has 0 radical (unpaired) electrons. The third-order valence-corrected chi connectivity index (χ3v) is 5.60. The molecule has 0 bridgehead atoms. The molecule has 9 heteroatoms. The van der Waals surface area contributed by atoms with Crippen LogP contribution in [0.1, 0.15) is 30.5 Å². The Balaban J connectivity index is 1.31. The number of hydrogen-bond donors (Lipinski definition) is 0. The van der Waals surface area contributed by atoms with E-state index in [9.17, 15) is 14.9 Å². The van der Waals surface area contributed by atoms with Crippen LogP contribution >= 0.6 is 0 Å². The van der Waals surface area contributed by atoms with Gasteiger partial charge < -0.3 is 23.4 Å². The molecule has 9 nitrogen and oxygen atoms in total. The lowest BCUT2D eigenvalue weighted by Crippen LogP contribution is -2.50. The van der Waals surface area contributed by atoms with Gasteiger partial charge in [-0.2, -0.15) is 10.2 Å². The Morgan fingerprint density at radius 1 is 1.15 bits per heavy atom. The quantitative estimate of drug-likeness (QED) is 0.507. The molecular weight excluding hydrogens is 424 g/mol. The van der Waals surface area contributed by atoms with Gasteiger partial charge in [0, 0.05) is 26.2 Å². The van der Waals surface area contributed by atoms with Gasteiger partial charge in [0.1, 0.15) is 6.07 Å². The molecule has 33 heavy (non-hydrogen) atoms. The van der Waals surface area contributed by atoms with Gasteiger partial charge >= 0.3 is 5.97 Å². The fraction of sp³-hybridized carbons (Fsp3) is 0.333. The van der Waals surface area contributed by atoms with Crippen LogP contribution in [0.15, 0.2) is 57.6 Å². The number of furan rings is 1. The molecule has 0 N–H and O–H groups in total. The zero-order valence-electron chi connectivity index (χ0n) is 18.3. The van der Waals surface area contributed by atoms with Crippen molar-refractivity contribution in [3.05, 3.63) is 60.0 Å². The first kappa shape index (κ1) is 22.1. The van der Waals surface area contributed by atoms with Crippen molar-refractivity contribution in [3.63, 3.8) is 0 Å². The van der Waals surface area contributed by atoms with Gasteiger partial charge in [0.2, 0.25) is 11.6 Å². The van der Waals surface area contributed by atoms with Crippen molar-refractivity contribution in [1.29, 1.82) is 5.26 Å². The zero-order valence-corrected chi connectivity index (χ0v) is 18.3. The second-order valence-corrected chi connectivity index (χ2v) is 7.61. The first-order valence-corrected chi connectivity index (χ1v) is 10.8. The van der Waals surface area contributed by atoms with Gasteiger partial charge in [0.15, 0.2) is 12.4 Å². The molecule has 4 rings (SSSR count). The highest BCUT2D eigenvalue weighted by Gasteiger charge is 2.28. The largest absolute Gasteiger partial charge is 0.459 e. The Morgan fingerprint density at radius 2 is 1.91 bits per heavy atom. The van der Waals surface area contributed by atoms with E-state index in [2.05, 4.69) is 4.98 Å². The molecule has 1 fully saturated rings. The molecule has 1 aromatic carbocycles. The summed E-state index contributed by atoms with van der Waals surface area (Å²) in [6.07, 6.45) is 2.10. The molecule has 0 saturated carbocycles. The number of carbonyl (C=O) groups is 2. The van der Waals surface area contributed by atoms with Gasteiger partial charge in [0.25, 0.3) is 11.8 Å². The van der Waals surface area contributed by atoms with Gasteiger partial charge in [-0.25, -0.2) is 0 Å². The number of piperazine rings is 1. The van der Waals surface area contributed by atoms with Gasteiger partial charge in [-0.1, -0.05) is 37.3 Å². The van der Waals surface area contributed by atoms with Gasteiger partial charge in [0.05, 0.1) is 12.2 Å². The first-order valence-electron chi connectivity index (χ1n) is 10.8. The standard InChI is InChI=1S/C24H24N4O5/c1-2-18(17-7-4-3-5-8-17)24(30)32-16-21(29)27-10-12-28(13-11-27)23-19(15-25)26-22(33-23)20-9-6-14-31-20/h3-9,14,18H,2,10-13,16H2,1H3. The predicted molar refractivity (Wildman–Crippen MR) is 118 cm³/mol. The lowest BCUT2D eigenvalue weighted by Gasteiger charge is -2.34. The Morgan fingerprint density at radius 3 is 2.55 bits per heavy atom. The summed E-state index contributed by atoms with van der Waals surface area (Å²) >= 11 is 0. The number of oxazole rings is 1. The number of hydrogen-bond acceptors (Lipinski definition) is 8. The van der Waals surface area contributed by atoms with E-state index in [4.69, 9.17) is 13.6 Å². The molecule has 1 amide bonds. The number of nitrogens with zero attached hydrogens (tertiary/aromatic N) is 4. The summed E-state index contributed by atoms with van der Waals surface area (Å²) in [5.41, 5.74) is 1.04. The number of ether oxygens (including phenoxy) is 1. The van der Waals surface area contributed by atoms with E-state index in [1.165, 1.54) is 6.26 Å². The number of nitriles is 1. The van der Waals surface area contributed by atoms with Crippen molar-refractivity contribution in [1.82, 2.24) is 9.88 Å². The molecular formula is C24H24N4O5. The molecule has 1 aliphatic heterocycles. The van der Waals surface area contributed by atoms with Gasteiger partial charge in [-0.05, 0) is 24.1 Å². The van der Waals surface area contributed by atoms with Gasteiger partial charge in [-0.15, -0.1) is 0 Å². The Kier molecular flexibility index (Phi) is 6.74. The van der Waals surface area contributed by atoms with E-state index in [0.29, 0.717) is 44.2 Å². The molecule has 0 aliphatic carbocycles. The SMILES string of the molecule is CCC(C(=O)OCC(=O)N1CCN(c2oc(-c3ccco3)nc2C#N)CC1)c1ccccc1. The minimum atomic E-state index is -0.401. The molecule has 1 saturated heterocycles. The van der Waals surface area contributed by atoms with Crippen LogP contribution in [0.5, 0.6) is 0 Å². The maximum Gasteiger partial charge on any atom is 0.313 e. The number of carbonyl (C=O) groups excluding carboxylic acids is 2. The highest BCUT2D eigenvalue weighted by Crippen LogP contribution is 2.29. The zero-order chi connectivity index (χ0) is 23.2. The second-order valence-electron chi connectivity index (χ2n) is 7.61. The van der Waals surface area contributed by atoms with Crippen LogP contribution in [0.4, 0.5) is 5.88 Å². The smallest absolute Gasteiger partial charge is 0.313 e.